The zero-order valence-electron chi connectivity index (χ0n) is 8.72. The molecule has 0 aromatic heterocycles. The van der Waals surface area contributed by atoms with E-state index in [1.807, 2.05) is 25.1 Å². The number of benzene rings is 1. The highest BCUT2D eigenvalue weighted by molar-refractivity contribution is 9.10. The molecule has 0 spiro atoms. The SMILES string of the molecule is Cc1ccc(Br)cc1CC(=O)NC1CC1. The molecule has 1 aliphatic carbocycles. The van der Waals surface area contributed by atoms with E-state index >= 15 is 0 Å². The zero-order valence-corrected chi connectivity index (χ0v) is 10.3. The summed E-state index contributed by atoms with van der Waals surface area (Å²) in [6.45, 7) is 2.03. The van der Waals surface area contributed by atoms with Crippen molar-refractivity contribution in [3.05, 3.63) is 33.8 Å². The van der Waals surface area contributed by atoms with E-state index in [9.17, 15) is 4.79 Å². The van der Waals surface area contributed by atoms with Crippen LogP contribution in [0.2, 0.25) is 0 Å². The molecule has 1 aliphatic rings. The number of rotatable bonds is 3. The topological polar surface area (TPSA) is 29.1 Å². The van der Waals surface area contributed by atoms with Crippen molar-refractivity contribution in [2.45, 2.75) is 32.2 Å². The van der Waals surface area contributed by atoms with Gasteiger partial charge in [-0.2, -0.15) is 0 Å². The summed E-state index contributed by atoms with van der Waals surface area (Å²) < 4.78 is 1.03. The Hall–Kier alpha value is -0.830. The van der Waals surface area contributed by atoms with Crippen molar-refractivity contribution in [1.82, 2.24) is 5.32 Å². The maximum atomic E-state index is 11.6. The molecule has 15 heavy (non-hydrogen) atoms. The quantitative estimate of drug-likeness (QED) is 0.896. The molecule has 2 nitrogen and oxygen atoms in total. The van der Waals surface area contributed by atoms with Gasteiger partial charge in [0.1, 0.15) is 0 Å². The van der Waals surface area contributed by atoms with E-state index < -0.39 is 0 Å². The van der Waals surface area contributed by atoms with Gasteiger partial charge in [-0.25, -0.2) is 0 Å². The summed E-state index contributed by atoms with van der Waals surface area (Å²) >= 11 is 3.42. The van der Waals surface area contributed by atoms with Gasteiger partial charge in [0.15, 0.2) is 0 Å². The second-order valence-electron chi connectivity index (χ2n) is 4.09. The first-order chi connectivity index (χ1) is 7.15. The number of nitrogens with one attached hydrogen (secondary N) is 1. The number of aryl methyl sites for hydroxylation is 1. The molecule has 1 aromatic rings. The van der Waals surface area contributed by atoms with Gasteiger partial charge < -0.3 is 5.32 Å². The summed E-state index contributed by atoms with van der Waals surface area (Å²) in [5.74, 6) is 0.138. The third kappa shape index (κ3) is 3.06. The molecule has 80 valence electrons. The van der Waals surface area contributed by atoms with Crippen LogP contribution in [0.15, 0.2) is 22.7 Å². The Morgan fingerprint density at radius 2 is 2.27 bits per heavy atom. The smallest absolute Gasteiger partial charge is 0.224 e. The van der Waals surface area contributed by atoms with E-state index in [0.29, 0.717) is 12.5 Å². The molecule has 1 saturated carbocycles. The zero-order chi connectivity index (χ0) is 10.8. The molecule has 0 saturated heterocycles. The minimum atomic E-state index is 0.138. The van der Waals surface area contributed by atoms with Crippen molar-refractivity contribution in [2.75, 3.05) is 0 Å². The first-order valence-electron chi connectivity index (χ1n) is 5.19. The Bertz CT molecular complexity index is 385. The normalized spacial score (nSPS) is 15.1. The van der Waals surface area contributed by atoms with Crippen LogP contribution in [0.25, 0.3) is 0 Å². The van der Waals surface area contributed by atoms with Gasteiger partial charge in [0.25, 0.3) is 0 Å². The summed E-state index contributed by atoms with van der Waals surface area (Å²) in [4.78, 5) is 11.6. The minimum Gasteiger partial charge on any atom is -0.353 e. The highest BCUT2D eigenvalue weighted by atomic mass is 79.9. The number of carbonyl (C=O) groups excluding carboxylic acids is 1. The van der Waals surface area contributed by atoms with Crippen molar-refractivity contribution < 1.29 is 4.79 Å². The van der Waals surface area contributed by atoms with Gasteiger partial charge in [-0.3, -0.25) is 4.79 Å². The fraction of sp³-hybridized carbons (Fsp3) is 0.417. The standard InChI is InChI=1S/C12H14BrNO/c1-8-2-3-10(13)6-9(8)7-12(15)14-11-4-5-11/h2-3,6,11H,4-5,7H2,1H3,(H,14,15). The van der Waals surface area contributed by atoms with Gasteiger partial charge in [0.05, 0.1) is 6.42 Å². The van der Waals surface area contributed by atoms with Crippen LogP contribution in [0.5, 0.6) is 0 Å². The number of amides is 1. The van der Waals surface area contributed by atoms with Crippen LogP contribution >= 0.6 is 15.9 Å². The molecule has 1 aromatic carbocycles. The predicted molar refractivity (Wildman–Crippen MR) is 63.7 cm³/mol. The first-order valence-corrected chi connectivity index (χ1v) is 5.99. The van der Waals surface area contributed by atoms with E-state index in [-0.39, 0.29) is 5.91 Å². The van der Waals surface area contributed by atoms with E-state index in [4.69, 9.17) is 0 Å². The van der Waals surface area contributed by atoms with Gasteiger partial charge in [0.2, 0.25) is 5.91 Å². The van der Waals surface area contributed by atoms with Gasteiger partial charge in [-0.15, -0.1) is 0 Å². The third-order valence-electron chi connectivity index (χ3n) is 2.60. The number of hydrogen-bond acceptors (Lipinski definition) is 1. The molecule has 2 rings (SSSR count). The Morgan fingerprint density at radius 3 is 2.93 bits per heavy atom. The number of halogens is 1. The van der Waals surface area contributed by atoms with Crippen molar-refractivity contribution in [3.8, 4) is 0 Å². The lowest BCUT2D eigenvalue weighted by Gasteiger charge is -2.06. The summed E-state index contributed by atoms with van der Waals surface area (Å²) in [5.41, 5.74) is 2.27. The van der Waals surface area contributed by atoms with Crippen LogP contribution in [0.3, 0.4) is 0 Å². The van der Waals surface area contributed by atoms with Crippen LogP contribution < -0.4 is 5.32 Å². The largest absolute Gasteiger partial charge is 0.353 e. The van der Waals surface area contributed by atoms with Crippen LogP contribution in [0.1, 0.15) is 24.0 Å². The van der Waals surface area contributed by atoms with Gasteiger partial charge in [-0.05, 0) is 43.0 Å². The lowest BCUT2D eigenvalue weighted by molar-refractivity contribution is -0.120. The van der Waals surface area contributed by atoms with Crippen LogP contribution in [0.4, 0.5) is 0 Å². The van der Waals surface area contributed by atoms with Gasteiger partial charge in [-0.1, -0.05) is 22.0 Å². The highest BCUT2D eigenvalue weighted by Crippen LogP contribution is 2.20. The predicted octanol–water partition coefficient (Wildman–Crippen LogP) is 2.58. The van der Waals surface area contributed by atoms with Crippen LogP contribution in [-0.4, -0.2) is 11.9 Å². The summed E-state index contributed by atoms with van der Waals surface area (Å²) in [6.07, 6.45) is 2.77. The van der Waals surface area contributed by atoms with E-state index in [0.717, 1.165) is 22.9 Å². The Labute approximate surface area is 98.2 Å². The molecule has 0 atom stereocenters. The first kappa shape index (κ1) is 10.7. The van der Waals surface area contributed by atoms with Crippen molar-refractivity contribution >= 4 is 21.8 Å². The fourth-order valence-corrected chi connectivity index (χ4v) is 1.92. The Kier molecular flexibility index (Phi) is 3.10. The minimum absolute atomic E-state index is 0.138. The monoisotopic (exact) mass is 267 g/mol. The maximum Gasteiger partial charge on any atom is 0.224 e. The van der Waals surface area contributed by atoms with E-state index in [1.54, 1.807) is 0 Å². The molecule has 0 unspecified atom stereocenters. The third-order valence-corrected chi connectivity index (χ3v) is 3.10. The fourth-order valence-electron chi connectivity index (χ4n) is 1.51. The van der Waals surface area contributed by atoms with E-state index in [2.05, 4.69) is 21.2 Å². The number of carbonyl (C=O) groups is 1. The summed E-state index contributed by atoms with van der Waals surface area (Å²) in [5, 5.41) is 2.99. The molecule has 0 radical (unpaired) electrons. The van der Waals surface area contributed by atoms with Gasteiger partial charge >= 0.3 is 0 Å². The average Bonchev–Trinajstić information content (AvgIpc) is 2.95. The maximum absolute atomic E-state index is 11.6. The molecule has 1 fully saturated rings. The Morgan fingerprint density at radius 1 is 1.53 bits per heavy atom. The van der Waals surface area contributed by atoms with Crippen molar-refractivity contribution in [1.29, 1.82) is 0 Å². The van der Waals surface area contributed by atoms with Crippen molar-refractivity contribution in [3.63, 3.8) is 0 Å². The lowest BCUT2D eigenvalue weighted by atomic mass is 10.1. The lowest BCUT2D eigenvalue weighted by Crippen LogP contribution is -2.27. The molecule has 0 heterocycles. The molecule has 0 aliphatic heterocycles. The summed E-state index contributed by atoms with van der Waals surface area (Å²) in [7, 11) is 0. The van der Waals surface area contributed by atoms with Crippen molar-refractivity contribution in [2.24, 2.45) is 0 Å². The number of hydrogen-bond donors (Lipinski definition) is 1. The Balaban J connectivity index is 2.01. The van der Waals surface area contributed by atoms with Crippen LogP contribution in [0, 0.1) is 6.92 Å². The van der Waals surface area contributed by atoms with Crippen LogP contribution in [-0.2, 0) is 11.2 Å². The average molecular weight is 268 g/mol. The van der Waals surface area contributed by atoms with Gasteiger partial charge in [0, 0.05) is 10.5 Å². The highest BCUT2D eigenvalue weighted by Gasteiger charge is 2.23. The second kappa shape index (κ2) is 4.35. The van der Waals surface area contributed by atoms with E-state index in [1.165, 1.54) is 5.56 Å². The molecule has 0 bridgehead atoms. The molecular formula is C12H14BrNO. The molecule has 3 heteroatoms. The molecular weight excluding hydrogens is 254 g/mol. The molecule has 1 N–H and O–H groups in total. The summed E-state index contributed by atoms with van der Waals surface area (Å²) in [6, 6.07) is 6.49. The molecule has 1 amide bonds. The second-order valence-corrected chi connectivity index (χ2v) is 5.01.